The Hall–Kier alpha value is -2.36. The van der Waals surface area contributed by atoms with Gasteiger partial charge in [0.15, 0.2) is 0 Å². The van der Waals surface area contributed by atoms with Crippen molar-refractivity contribution >= 4 is 11.6 Å². The number of amides is 1. The quantitative estimate of drug-likeness (QED) is 0.824. The molecule has 0 radical (unpaired) electrons. The molecule has 4 nitrogen and oxygen atoms in total. The molecule has 3 N–H and O–H groups in total. The van der Waals surface area contributed by atoms with Crippen LogP contribution in [0.15, 0.2) is 42.7 Å². The molecule has 0 atom stereocenters. The van der Waals surface area contributed by atoms with Crippen LogP contribution in [0.25, 0.3) is 11.1 Å². The molecular formula is C15H15N3O. The molecule has 1 heterocycles. The summed E-state index contributed by atoms with van der Waals surface area (Å²) >= 11 is 0. The van der Waals surface area contributed by atoms with Gasteiger partial charge in [0.2, 0.25) is 0 Å². The molecule has 19 heavy (non-hydrogen) atoms. The second kappa shape index (κ2) is 4.72. The molecule has 4 heteroatoms. The molecule has 2 aromatic rings. The van der Waals surface area contributed by atoms with Gasteiger partial charge in [-0.2, -0.15) is 0 Å². The average Bonchev–Trinajstić information content (AvgIpc) is 3.23. The number of nitrogens with zero attached hydrogens (tertiary/aromatic N) is 1. The maximum absolute atomic E-state index is 12.0. The number of rotatable bonds is 3. The van der Waals surface area contributed by atoms with Crippen molar-refractivity contribution in [2.24, 2.45) is 0 Å². The third-order valence-electron chi connectivity index (χ3n) is 3.13. The fourth-order valence-electron chi connectivity index (χ4n) is 1.94. The fourth-order valence-corrected chi connectivity index (χ4v) is 1.94. The number of carbonyl (C=O) groups is 1. The van der Waals surface area contributed by atoms with Crippen molar-refractivity contribution in [3.63, 3.8) is 0 Å². The highest BCUT2D eigenvalue weighted by Gasteiger charge is 2.23. The van der Waals surface area contributed by atoms with Gasteiger partial charge < -0.3 is 11.1 Å². The van der Waals surface area contributed by atoms with Crippen molar-refractivity contribution in [2.45, 2.75) is 18.9 Å². The van der Waals surface area contributed by atoms with Crippen LogP contribution < -0.4 is 11.1 Å². The van der Waals surface area contributed by atoms with Gasteiger partial charge in [-0.05, 0) is 36.6 Å². The van der Waals surface area contributed by atoms with Crippen molar-refractivity contribution < 1.29 is 4.79 Å². The van der Waals surface area contributed by atoms with Crippen LogP contribution in [-0.2, 0) is 0 Å². The first-order valence-electron chi connectivity index (χ1n) is 6.34. The number of carbonyl (C=O) groups excluding carboxylic acids is 1. The molecule has 0 saturated heterocycles. The lowest BCUT2D eigenvalue weighted by Crippen LogP contribution is -2.25. The predicted molar refractivity (Wildman–Crippen MR) is 74.6 cm³/mol. The molecule has 1 fully saturated rings. The number of benzene rings is 1. The summed E-state index contributed by atoms with van der Waals surface area (Å²) in [7, 11) is 0. The third-order valence-corrected chi connectivity index (χ3v) is 3.13. The fraction of sp³-hybridized carbons (Fsp3) is 0.200. The van der Waals surface area contributed by atoms with E-state index >= 15 is 0 Å². The zero-order valence-electron chi connectivity index (χ0n) is 10.5. The standard InChI is InChI=1S/C15H15N3O/c16-13-3-1-2-10(7-13)11-6-12(9-17-8-11)15(19)18-14-4-5-14/h1-3,6-9,14H,4-5,16H2,(H,18,19). The largest absolute Gasteiger partial charge is 0.399 e. The second-order valence-electron chi connectivity index (χ2n) is 4.84. The molecule has 1 aromatic heterocycles. The van der Waals surface area contributed by atoms with E-state index in [4.69, 9.17) is 5.73 Å². The molecule has 1 aromatic carbocycles. The van der Waals surface area contributed by atoms with E-state index in [-0.39, 0.29) is 5.91 Å². The van der Waals surface area contributed by atoms with Gasteiger partial charge in [-0.1, -0.05) is 12.1 Å². The lowest BCUT2D eigenvalue weighted by Gasteiger charge is -2.06. The van der Waals surface area contributed by atoms with Crippen LogP contribution in [0.3, 0.4) is 0 Å². The van der Waals surface area contributed by atoms with Crippen LogP contribution in [0, 0.1) is 0 Å². The van der Waals surface area contributed by atoms with Gasteiger partial charge in [0.05, 0.1) is 5.56 Å². The van der Waals surface area contributed by atoms with Crippen LogP contribution in [0.5, 0.6) is 0 Å². The Bertz CT molecular complexity index is 620. The van der Waals surface area contributed by atoms with Gasteiger partial charge >= 0.3 is 0 Å². The van der Waals surface area contributed by atoms with Gasteiger partial charge in [0.1, 0.15) is 0 Å². The molecule has 0 aliphatic heterocycles. The van der Waals surface area contributed by atoms with Crippen molar-refractivity contribution in [1.82, 2.24) is 10.3 Å². The highest BCUT2D eigenvalue weighted by atomic mass is 16.1. The Kier molecular flexibility index (Phi) is 2.91. The summed E-state index contributed by atoms with van der Waals surface area (Å²) in [4.78, 5) is 16.1. The first-order chi connectivity index (χ1) is 9.22. The first kappa shape index (κ1) is 11.7. The lowest BCUT2D eigenvalue weighted by atomic mass is 10.1. The van der Waals surface area contributed by atoms with Crippen molar-refractivity contribution in [3.05, 3.63) is 48.3 Å². The van der Waals surface area contributed by atoms with E-state index in [1.807, 2.05) is 30.3 Å². The molecule has 0 spiro atoms. The zero-order chi connectivity index (χ0) is 13.2. The maximum atomic E-state index is 12.0. The van der Waals surface area contributed by atoms with Crippen molar-refractivity contribution in [3.8, 4) is 11.1 Å². The van der Waals surface area contributed by atoms with Crippen LogP contribution in [0.4, 0.5) is 5.69 Å². The number of hydrogen-bond acceptors (Lipinski definition) is 3. The number of nitrogens with two attached hydrogens (primary N) is 1. The Morgan fingerprint density at radius 1 is 1.21 bits per heavy atom. The Morgan fingerprint density at radius 3 is 2.79 bits per heavy atom. The molecule has 1 aliphatic carbocycles. The first-order valence-corrected chi connectivity index (χ1v) is 6.34. The summed E-state index contributed by atoms with van der Waals surface area (Å²) in [5.74, 6) is -0.0549. The van der Waals surface area contributed by atoms with Crippen molar-refractivity contribution in [2.75, 3.05) is 5.73 Å². The lowest BCUT2D eigenvalue weighted by molar-refractivity contribution is 0.0951. The summed E-state index contributed by atoms with van der Waals surface area (Å²) in [5, 5.41) is 2.96. The second-order valence-corrected chi connectivity index (χ2v) is 4.84. The average molecular weight is 253 g/mol. The summed E-state index contributed by atoms with van der Waals surface area (Å²) in [6.45, 7) is 0. The van der Waals surface area contributed by atoms with E-state index in [9.17, 15) is 4.79 Å². The van der Waals surface area contributed by atoms with E-state index in [1.54, 1.807) is 12.4 Å². The SMILES string of the molecule is Nc1cccc(-c2cncc(C(=O)NC3CC3)c2)c1. The number of hydrogen-bond donors (Lipinski definition) is 2. The van der Waals surface area contributed by atoms with Gasteiger partial charge in [0.25, 0.3) is 5.91 Å². The van der Waals surface area contributed by atoms with E-state index < -0.39 is 0 Å². The smallest absolute Gasteiger partial charge is 0.253 e. The molecule has 0 bridgehead atoms. The highest BCUT2D eigenvalue weighted by Crippen LogP contribution is 2.23. The zero-order valence-corrected chi connectivity index (χ0v) is 10.5. The Morgan fingerprint density at radius 2 is 2.05 bits per heavy atom. The molecule has 1 aliphatic rings. The number of nitrogens with one attached hydrogen (secondary N) is 1. The Labute approximate surface area is 111 Å². The normalized spacial score (nSPS) is 14.1. The van der Waals surface area contributed by atoms with Crippen LogP contribution in [-0.4, -0.2) is 16.9 Å². The van der Waals surface area contributed by atoms with Gasteiger partial charge in [-0.25, -0.2) is 0 Å². The number of anilines is 1. The summed E-state index contributed by atoms with van der Waals surface area (Å²) in [6, 6.07) is 9.75. The minimum Gasteiger partial charge on any atom is -0.399 e. The molecule has 96 valence electrons. The molecule has 1 saturated carbocycles. The monoisotopic (exact) mass is 253 g/mol. The summed E-state index contributed by atoms with van der Waals surface area (Å²) in [5.41, 5.74) is 8.92. The van der Waals surface area contributed by atoms with Crippen LogP contribution in [0.2, 0.25) is 0 Å². The van der Waals surface area contributed by atoms with E-state index in [0.717, 1.165) is 24.0 Å². The minimum absolute atomic E-state index is 0.0549. The van der Waals surface area contributed by atoms with Gasteiger partial charge in [0, 0.05) is 29.7 Å². The predicted octanol–water partition coefficient (Wildman–Crippen LogP) is 2.22. The summed E-state index contributed by atoms with van der Waals surface area (Å²) in [6.07, 6.45) is 5.48. The topological polar surface area (TPSA) is 68.0 Å². The highest BCUT2D eigenvalue weighted by molar-refractivity contribution is 5.95. The van der Waals surface area contributed by atoms with Crippen LogP contribution >= 0.6 is 0 Å². The van der Waals surface area contributed by atoms with Gasteiger partial charge in [-0.15, -0.1) is 0 Å². The number of nitrogen functional groups attached to an aromatic ring is 1. The molecule has 3 rings (SSSR count). The summed E-state index contributed by atoms with van der Waals surface area (Å²) < 4.78 is 0. The Balaban J connectivity index is 1.88. The van der Waals surface area contributed by atoms with E-state index in [1.165, 1.54) is 0 Å². The minimum atomic E-state index is -0.0549. The van der Waals surface area contributed by atoms with Crippen molar-refractivity contribution in [1.29, 1.82) is 0 Å². The number of aromatic nitrogens is 1. The maximum Gasteiger partial charge on any atom is 0.253 e. The molecule has 0 unspecified atom stereocenters. The third kappa shape index (κ3) is 2.73. The van der Waals surface area contributed by atoms with Crippen LogP contribution in [0.1, 0.15) is 23.2 Å². The molecule has 1 amide bonds. The molecular weight excluding hydrogens is 238 g/mol. The van der Waals surface area contributed by atoms with E-state index in [0.29, 0.717) is 17.3 Å². The van der Waals surface area contributed by atoms with Gasteiger partial charge in [-0.3, -0.25) is 9.78 Å². The number of pyridine rings is 1. The van der Waals surface area contributed by atoms with E-state index in [2.05, 4.69) is 10.3 Å².